The lowest BCUT2D eigenvalue weighted by Crippen LogP contribution is -2.14. The van der Waals surface area contributed by atoms with Crippen molar-refractivity contribution in [3.05, 3.63) is 84.4 Å². The molecule has 138 valence electrons. The normalized spacial score (nSPS) is 10.9. The molecule has 0 bridgehead atoms. The predicted octanol–water partition coefficient (Wildman–Crippen LogP) is 3.75. The number of hydrogen-bond acceptors (Lipinski definition) is 4. The number of benzene rings is 3. The highest BCUT2D eigenvalue weighted by Crippen LogP contribution is 2.20. The zero-order valence-corrected chi connectivity index (χ0v) is 15.4. The molecule has 0 spiro atoms. The van der Waals surface area contributed by atoms with Crippen molar-refractivity contribution in [1.82, 2.24) is 0 Å². The third-order valence-electron chi connectivity index (χ3n) is 3.80. The maximum atomic E-state index is 12.5. The standard InChI is InChI=1S/C20H18N2O4S/c1-26-18-11-7-17(8-12-18)22-27(24,25)19-13-9-16(10-14-19)21-20(23)15-5-3-2-4-6-15/h2-14,22H,1H3,(H,21,23). The van der Waals surface area contributed by atoms with Crippen LogP contribution in [0.25, 0.3) is 0 Å². The third-order valence-corrected chi connectivity index (χ3v) is 5.20. The summed E-state index contributed by atoms with van der Waals surface area (Å²) in [6.07, 6.45) is 0. The molecule has 7 heteroatoms. The largest absolute Gasteiger partial charge is 0.497 e. The van der Waals surface area contributed by atoms with Crippen molar-refractivity contribution in [2.24, 2.45) is 0 Å². The van der Waals surface area contributed by atoms with Gasteiger partial charge < -0.3 is 10.1 Å². The number of sulfonamides is 1. The molecule has 0 saturated carbocycles. The summed E-state index contributed by atoms with van der Waals surface area (Å²) in [5, 5.41) is 2.73. The molecule has 0 aliphatic heterocycles. The summed E-state index contributed by atoms with van der Waals surface area (Å²) >= 11 is 0. The summed E-state index contributed by atoms with van der Waals surface area (Å²) in [6.45, 7) is 0. The molecule has 0 unspecified atom stereocenters. The summed E-state index contributed by atoms with van der Waals surface area (Å²) in [5.41, 5.74) is 1.46. The van der Waals surface area contributed by atoms with Crippen LogP contribution in [0.2, 0.25) is 0 Å². The van der Waals surface area contributed by atoms with Crippen LogP contribution in [0, 0.1) is 0 Å². The topological polar surface area (TPSA) is 84.5 Å². The Morgan fingerprint density at radius 1 is 0.815 bits per heavy atom. The third kappa shape index (κ3) is 4.65. The van der Waals surface area contributed by atoms with E-state index in [4.69, 9.17) is 4.74 Å². The van der Waals surface area contributed by atoms with Crippen molar-refractivity contribution in [2.75, 3.05) is 17.1 Å². The van der Waals surface area contributed by atoms with E-state index in [2.05, 4.69) is 10.0 Å². The minimum absolute atomic E-state index is 0.0935. The summed E-state index contributed by atoms with van der Waals surface area (Å²) in [7, 11) is -2.19. The first kappa shape index (κ1) is 18.5. The van der Waals surface area contributed by atoms with Crippen molar-refractivity contribution in [3.8, 4) is 5.75 Å². The Bertz CT molecular complexity index is 1020. The molecule has 27 heavy (non-hydrogen) atoms. The van der Waals surface area contributed by atoms with E-state index in [0.29, 0.717) is 22.7 Å². The van der Waals surface area contributed by atoms with E-state index in [0.717, 1.165) is 0 Å². The molecule has 3 aromatic carbocycles. The summed E-state index contributed by atoms with van der Waals surface area (Å²) in [5.74, 6) is 0.374. The van der Waals surface area contributed by atoms with Crippen LogP contribution in [-0.4, -0.2) is 21.4 Å². The van der Waals surface area contributed by atoms with E-state index in [1.165, 1.54) is 19.2 Å². The van der Waals surface area contributed by atoms with Crippen LogP contribution in [0.5, 0.6) is 5.75 Å². The first-order chi connectivity index (χ1) is 13.0. The van der Waals surface area contributed by atoms with Crippen LogP contribution in [-0.2, 0) is 10.0 Å². The van der Waals surface area contributed by atoms with Crippen molar-refractivity contribution < 1.29 is 17.9 Å². The van der Waals surface area contributed by atoms with Gasteiger partial charge in [0.2, 0.25) is 0 Å². The van der Waals surface area contributed by atoms with E-state index < -0.39 is 10.0 Å². The Balaban J connectivity index is 1.70. The number of amides is 1. The number of methoxy groups -OCH3 is 1. The number of ether oxygens (including phenoxy) is 1. The summed E-state index contributed by atoms with van der Waals surface area (Å²) in [4.78, 5) is 12.2. The van der Waals surface area contributed by atoms with E-state index in [1.54, 1.807) is 60.7 Å². The second-order valence-electron chi connectivity index (χ2n) is 5.68. The summed E-state index contributed by atoms with van der Waals surface area (Å²) in [6, 6.07) is 21.3. The molecule has 0 fully saturated rings. The molecular weight excluding hydrogens is 364 g/mol. The monoisotopic (exact) mass is 382 g/mol. The first-order valence-corrected chi connectivity index (χ1v) is 9.59. The molecule has 0 radical (unpaired) electrons. The van der Waals surface area contributed by atoms with Gasteiger partial charge in [0.25, 0.3) is 15.9 Å². The zero-order chi connectivity index (χ0) is 19.3. The van der Waals surface area contributed by atoms with Crippen molar-refractivity contribution >= 4 is 27.3 Å². The quantitative estimate of drug-likeness (QED) is 0.680. The molecule has 0 aromatic heterocycles. The van der Waals surface area contributed by atoms with Gasteiger partial charge in [0.1, 0.15) is 5.75 Å². The van der Waals surface area contributed by atoms with E-state index >= 15 is 0 Å². The van der Waals surface area contributed by atoms with Gasteiger partial charge >= 0.3 is 0 Å². The molecular formula is C20H18N2O4S. The van der Waals surface area contributed by atoms with Gasteiger partial charge in [0, 0.05) is 16.9 Å². The Morgan fingerprint density at radius 2 is 1.41 bits per heavy atom. The molecule has 1 amide bonds. The predicted molar refractivity (Wildman–Crippen MR) is 105 cm³/mol. The second-order valence-corrected chi connectivity index (χ2v) is 7.36. The van der Waals surface area contributed by atoms with Gasteiger partial charge in [-0.25, -0.2) is 8.42 Å². The van der Waals surface area contributed by atoms with Crippen LogP contribution in [0.15, 0.2) is 83.8 Å². The van der Waals surface area contributed by atoms with Crippen molar-refractivity contribution in [2.45, 2.75) is 4.90 Å². The number of nitrogens with one attached hydrogen (secondary N) is 2. The lowest BCUT2D eigenvalue weighted by atomic mass is 10.2. The fourth-order valence-corrected chi connectivity index (χ4v) is 3.44. The Morgan fingerprint density at radius 3 is 2.00 bits per heavy atom. The zero-order valence-electron chi connectivity index (χ0n) is 14.5. The van der Waals surface area contributed by atoms with Gasteiger partial charge in [-0.1, -0.05) is 18.2 Å². The molecule has 6 nitrogen and oxygen atoms in total. The molecule has 0 atom stereocenters. The minimum Gasteiger partial charge on any atom is -0.497 e. The smallest absolute Gasteiger partial charge is 0.261 e. The maximum Gasteiger partial charge on any atom is 0.261 e. The average molecular weight is 382 g/mol. The maximum absolute atomic E-state index is 12.5. The minimum atomic E-state index is -3.73. The fourth-order valence-electron chi connectivity index (χ4n) is 2.38. The highest BCUT2D eigenvalue weighted by Gasteiger charge is 2.14. The van der Waals surface area contributed by atoms with Crippen molar-refractivity contribution in [1.29, 1.82) is 0 Å². The lowest BCUT2D eigenvalue weighted by Gasteiger charge is -2.10. The van der Waals surface area contributed by atoms with E-state index in [9.17, 15) is 13.2 Å². The van der Waals surface area contributed by atoms with Gasteiger partial charge in [-0.15, -0.1) is 0 Å². The number of carbonyl (C=O) groups is 1. The number of carbonyl (C=O) groups excluding carboxylic acids is 1. The second kappa shape index (κ2) is 7.92. The van der Waals surface area contributed by atoms with Gasteiger partial charge in [0.15, 0.2) is 0 Å². The van der Waals surface area contributed by atoms with E-state index in [-0.39, 0.29) is 10.8 Å². The van der Waals surface area contributed by atoms with E-state index in [1.807, 2.05) is 6.07 Å². The fraction of sp³-hybridized carbons (Fsp3) is 0.0500. The van der Waals surface area contributed by atoms with Gasteiger partial charge in [0.05, 0.1) is 12.0 Å². The molecule has 0 saturated heterocycles. The molecule has 3 aromatic rings. The number of anilines is 2. The van der Waals surface area contributed by atoms with Crippen molar-refractivity contribution in [3.63, 3.8) is 0 Å². The van der Waals surface area contributed by atoms with Gasteiger partial charge in [-0.2, -0.15) is 0 Å². The first-order valence-electron chi connectivity index (χ1n) is 8.11. The van der Waals surface area contributed by atoms with Crippen LogP contribution in [0.1, 0.15) is 10.4 Å². The molecule has 3 rings (SSSR count). The molecule has 0 heterocycles. The van der Waals surface area contributed by atoms with Crippen LogP contribution in [0.3, 0.4) is 0 Å². The Labute approximate surface area is 157 Å². The van der Waals surface area contributed by atoms with Gasteiger partial charge in [-0.05, 0) is 60.7 Å². The number of hydrogen-bond donors (Lipinski definition) is 2. The van der Waals surface area contributed by atoms with Crippen LogP contribution >= 0.6 is 0 Å². The van der Waals surface area contributed by atoms with Crippen LogP contribution < -0.4 is 14.8 Å². The highest BCUT2D eigenvalue weighted by atomic mass is 32.2. The molecule has 0 aliphatic rings. The van der Waals surface area contributed by atoms with Gasteiger partial charge in [-0.3, -0.25) is 9.52 Å². The molecule has 0 aliphatic carbocycles. The highest BCUT2D eigenvalue weighted by molar-refractivity contribution is 7.92. The lowest BCUT2D eigenvalue weighted by molar-refractivity contribution is 0.102. The Hall–Kier alpha value is -3.32. The summed E-state index contributed by atoms with van der Waals surface area (Å²) < 4.78 is 32.5. The molecule has 2 N–H and O–H groups in total. The van der Waals surface area contributed by atoms with Crippen LogP contribution in [0.4, 0.5) is 11.4 Å². The SMILES string of the molecule is COc1ccc(NS(=O)(=O)c2ccc(NC(=O)c3ccccc3)cc2)cc1. The number of rotatable bonds is 6. The Kier molecular flexibility index (Phi) is 5.42. The average Bonchev–Trinajstić information content (AvgIpc) is 2.69.